The Morgan fingerprint density at radius 3 is 2.05 bits per heavy atom. The van der Waals surface area contributed by atoms with Gasteiger partial charge in [-0.3, -0.25) is 0 Å². The second-order valence-electron chi connectivity index (χ2n) is 6.72. The molecule has 0 aromatic heterocycles. The van der Waals surface area contributed by atoms with Crippen molar-refractivity contribution in [2.45, 2.75) is 96.0 Å². The fourth-order valence-electron chi connectivity index (χ4n) is 2.79. The third-order valence-corrected chi connectivity index (χ3v) is 4.64. The molecule has 0 aliphatic carbocycles. The van der Waals surface area contributed by atoms with Crippen LogP contribution in [0.3, 0.4) is 0 Å². The number of alkyl halides is 1. The average molecular weight is 289 g/mol. The molecule has 0 bridgehead atoms. The van der Waals surface area contributed by atoms with Crippen LogP contribution in [0.15, 0.2) is 0 Å². The molecule has 0 radical (unpaired) electrons. The van der Waals surface area contributed by atoms with Crippen molar-refractivity contribution in [3.05, 3.63) is 0 Å². The lowest BCUT2D eigenvalue weighted by atomic mass is 9.85. The summed E-state index contributed by atoms with van der Waals surface area (Å²) in [5.74, 6) is 0.613. The largest absolute Gasteiger partial charge is 0.373 e. The number of hydrogen-bond donors (Lipinski definition) is 0. The molecule has 2 atom stereocenters. The molecule has 0 N–H and O–H groups in total. The van der Waals surface area contributed by atoms with Crippen molar-refractivity contribution in [2.24, 2.45) is 5.92 Å². The number of ether oxygens (including phenoxy) is 1. The summed E-state index contributed by atoms with van der Waals surface area (Å²) >= 11 is 6.51. The van der Waals surface area contributed by atoms with E-state index in [0.717, 1.165) is 13.0 Å². The van der Waals surface area contributed by atoms with Gasteiger partial charge in [0.2, 0.25) is 0 Å². The van der Waals surface area contributed by atoms with Crippen LogP contribution in [-0.4, -0.2) is 17.6 Å². The van der Waals surface area contributed by atoms with Gasteiger partial charge in [-0.25, -0.2) is 0 Å². The third-order valence-electron chi connectivity index (χ3n) is 4.33. The van der Waals surface area contributed by atoms with E-state index >= 15 is 0 Å². The summed E-state index contributed by atoms with van der Waals surface area (Å²) in [5.41, 5.74) is 0. The molecular weight excluding hydrogens is 256 g/mol. The predicted molar refractivity (Wildman–Crippen MR) is 85.0 cm³/mol. The van der Waals surface area contributed by atoms with Crippen molar-refractivity contribution in [2.75, 3.05) is 6.61 Å². The van der Waals surface area contributed by atoms with Crippen molar-refractivity contribution in [3.63, 3.8) is 0 Å². The van der Waals surface area contributed by atoms with Gasteiger partial charge in [0, 0.05) is 4.87 Å². The summed E-state index contributed by atoms with van der Waals surface area (Å²) < 4.78 is 5.36. The second-order valence-corrected chi connectivity index (χ2v) is 7.69. The zero-order chi connectivity index (χ0) is 14.1. The van der Waals surface area contributed by atoms with E-state index in [4.69, 9.17) is 16.3 Å². The van der Waals surface area contributed by atoms with Gasteiger partial charge < -0.3 is 4.74 Å². The standard InChI is InChI=1S/C17H33ClO/c1-4-5-6-7-8-9-10-11-12-15(17(2,3)18)13-16-14-19-16/h15-16H,4-14H2,1-3H3. The minimum absolute atomic E-state index is 0.0763. The van der Waals surface area contributed by atoms with Crippen LogP contribution in [-0.2, 0) is 4.74 Å². The lowest BCUT2D eigenvalue weighted by Gasteiger charge is -2.28. The molecule has 0 aromatic rings. The molecule has 2 unspecified atom stereocenters. The Morgan fingerprint density at radius 1 is 1.05 bits per heavy atom. The van der Waals surface area contributed by atoms with E-state index in [1.807, 2.05) is 0 Å². The number of hydrogen-bond acceptors (Lipinski definition) is 1. The Kier molecular flexibility index (Phi) is 8.41. The smallest absolute Gasteiger partial charge is 0.0813 e. The maximum atomic E-state index is 6.51. The van der Waals surface area contributed by atoms with E-state index in [-0.39, 0.29) is 4.87 Å². The molecule has 0 spiro atoms. The van der Waals surface area contributed by atoms with Crippen LogP contribution in [0, 0.1) is 5.92 Å². The van der Waals surface area contributed by atoms with Crippen LogP contribution >= 0.6 is 11.6 Å². The highest BCUT2D eigenvalue weighted by atomic mass is 35.5. The van der Waals surface area contributed by atoms with Gasteiger partial charge in [0.25, 0.3) is 0 Å². The minimum Gasteiger partial charge on any atom is -0.373 e. The molecule has 114 valence electrons. The monoisotopic (exact) mass is 288 g/mol. The number of rotatable bonds is 12. The summed E-state index contributed by atoms with van der Waals surface area (Å²) in [4.78, 5) is -0.0763. The Bertz CT molecular complexity index is 218. The lowest BCUT2D eigenvalue weighted by Crippen LogP contribution is -2.26. The van der Waals surface area contributed by atoms with Crippen LogP contribution in [0.2, 0.25) is 0 Å². The Morgan fingerprint density at radius 2 is 1.58 bits per heavy atom. The second kappa shape index (κ2) is 9.23. The number of epoxide rings is 1. The van der Waals surface area contributed by atoms with Crippen LogP contribution < -0.4 is 0 Å². The first-order chi connectivity index (χ1) is 9.04. The van der Waals surface area contributed by atoms with Crippen LogP contribution in [0.1, 0.15) is 85.0 Å². The summed E-state index contributed by atoms with van der Waals surface area (Å²) in [6, 6.07) is 0. The number of halogens is 1. The number of unbranched alkanes of at least 4 members (excludes halogenated alkanes) is 7. The van der Waals surface area contributed by atoms with E-state index < -0.39 is 0 Å². The highest BCUT2D eigenvalue weighted by molar-refractivity contribution is 6.23. The first-order valence-electron chi connectivity index (χ1n) is 8.34. The molecule has 1 heterocycles. The van der Waals surface area contributed by atoms with Gasteiger partial charge in [-0.1, -0.05) is 58.3 Å². The van der Waals surface area contributed by atoms with Crippen LogP contribution in [0.4, 0.5) is 0 Å². The SMILES string of the molecule is CCCCCCCCCCC(CC1CO1)C(C)(C)Cl. The zero-order valence-electron chi connectivity index (χ0n) is 13.2. The minimum atomic E-state index is -0.0763. The van der Waals surface area contributed by atoms with Gasteiger partial charge in [0.05, 0.1) is 12.7 Å². The van der Waals surface area contributed by atoms with E-state index in [1.54, 1.807) is 0 Å². The van der Waals surface area contributed by atoms with E-state index in [1.165, 1.54) is 57.8 Å². The molecular formula is C17H33ClO. The van der Waals surface area contributed by atoms with Crippen LogP contribution in [0.5, 0.6) is 0 Å². The molecule has 0 aromatic carbocycles. The normalized spacial score (nSPS) is 20.5. The molecule has 1 nitrogen and oxygen atoms in total. The summed E-state index contributed by atoms with van der Waals surface area (Å²) in [6.07, 6.45) is 14.1. The maximum Gasteiger partial charge on any atom is 0.0813 e. The highest BCUT2D eigenvalue weighted by Crippen LogP contribution is 2.35. The molecule has 1 fully saturated rings. The van der Waals surface area contributed by atoms with Crippen molar-refractivity contribution in [1.29, 1.82) is 0 Å². The third kappa shape index (κ3) is 8.92. The van der Waals surface area contributed by atoms with E-state index in [9.17, 15) is 0 Å². The van der Waals surface area contributed by atoms with Gasteiger partial charge in [-0.15, -0.1) is 11.6 Å². The van der Waals surface area contributed by atoms with Crippen molar-refractivity contribution in [3.8, 4) is 0 Å². The molecule has 1 saturated heterocycles. The van der Waals surface area contributed by atoms with E-state index in [2.05, 4.69) is 20.8 Å². The van der Waals surface area contributed by atoms with Crippen molar-refractivity contribution in [1.82, 2.24) is 0 Å². The zero-order valence-corrected chi connectivity index (χ0v) is 14.0. The van der Waals surface area contributed by atoms with Gasteiger partial charge in [0.1, 0.15) is 0 Å². The van der Waals surface area contributed by atoms with Gasteiger partial charge in [0.15, 0.2) is 0 Å². The quantitative estimate of drug-likeness (QED) is 0.246. The van der Waals surface area contributed by atoms with Gasteiger partial charge >= 0.3 is 0 Å². The lowest BCUT2D eigenvalue weighted by molar-refractivity contribution is 0.295. The van der Waals surface area contributed by atoms with Crippen molar-refractivity contribution >= 4 is 11.6 Å². The maximum absolute atomic E-state index is 6.51. The van der Waals surface area contributed by atoms with E-state index in [0.29, 0.717) is 12.0 Å². The fourth-order valence-corrected chi connectivity index (χ4v) is 2.99. The fraction of sp³-hybridized carbons (Fsp3) is 1.00. The molecule has 19 heavy (non-hydrogen) atoms. The highest BCUT2D eigenvalue weighted by Gasteiger charge is 2.33. The summed E-state index contributed by atoms with van der Waals surface area (Å²) in [6.45, 7) is 7.55. The molecule has 2 heteroatoms. The molecule has 1 aliphatic rings. The molecule has 1 rings (SSSR count). The first-order valence-corrected chi connectivity index (χ1v) is 8.72. The Labute approximate surface area is 125 Å². The van der Waals surface area contributed by atoms with Crippen LogP contribution in [0.25, 0.3) is 0 Å². The summed E-state index contributed by atoms with van der Waals surface area (Å²) in [5, 5.41) is 0. The molecule has 0 saturated carbocycles. The summed E-state index contributed by atoms with van der Waals surface area (Å²) in [7, 11) is 0. The van der Waals surface area contributed by atoms with Gasteiger partial charge in [-0.05, 0) is 32.6 Å². The molecule has 1 aliphatic heterocycles. The Balaban J connectivity index is 2.01. The predicted octanol–water partition coefficient (Wildman–Crippen LogP) is 5.94. The average Bonchev–Trinajstić information content (AvgIpc) is 3.13. The van der Waals surface area contributed by atoms with Gasteiger partial charge in [-0.2, -0.15) is 0 Å². The Hall–Kier alpha value is 0.250. The topological polar surface area (TPSA) is 12.5 Å². The first kappa shape index (κ1) is 17.3. The molecule has 0 amide bonds. The van der Waals surface area contributed by atoms with Crippen molar-refractivity contribution < 1.29 is 4.74 Å².